The van der Waals surface area contributed by atoms with Crippen molar-refractivity contribution in [3.05, 3.63) is 0 Å². The normalized spacial score (nSPS) is 49.2. The van der Waals surface area contributed by atoms with Gasteiger partial charge in [-0.15, -0.1) is 0 Å². The van der Waals surface area contributed by atoms with Crippen molar-refractivity contribution >= 4 is 11.8 Å². The number of amides is 2. The van der Waals surface area contributed by atoms with Gasteiger partial charge in [0.25, 0.3) is 0 Å². The number of rotatable bonds is 2. The highest BCUT2D eigenvalue weighted by Gasteiger charge is 2.62. The van der Waals surface area contributed by atoms with Crippen LogP contribution in [0.25, 0.3) is 0 Å². The summed E-state index contributed by atoms with van der Waals surface area (Å²) < 4.78 is 0. The largest absolute Gasteiger partial charge is 0.369 e. The Morgan fingerprint density at radius 1 is 0.875 bits per heavy atom. The molecule has 0 atom stereocenters. The molecule has 4 aliphatic carbocycles. The first-order chi connectivity index (χ1) is 7.46. The topological polar surface area (TPSA) is 86.2 Å². The minimum absolute atomic E-state index is 0.216. The van der Waals surface area contributed by atoms with Crippen molar-refractivity contribution in [2.45, 2.75) is 38.5 Å². The number of carbonyl (C=O) groups is 2. The summed E-state index contributed by atoms with van der Waals surface area (Å²) in [5, 5.41) is 0. The third-order valence-corrected chi connectivity index (χ3v) is 5.11. The summed E-state index contributed by atoms with van der Waals surface area (Å²) in [6.45, 7) is 0. The molecule has 4 fully saturated rings. The second kappa shape index (κ2) is 2.79. The van der Waals surface area contributed by atoms with Gasteiger partial charge in [0.2, 0.25) is 11.8 Å². The lowest BCUT2D eigenvalue weighted by Gasteiger charge is -2.59. The van der Waals surface area contributed by atoms with Crippen molar-refractivity contribution < 1.29 is 9.59 Å². The number of primary amides is 2. The Labute approximate surface area is 94.7 Å². The van der Waals surface area contributed by atoms with Gasteiger partial charge in [0.1, 0.15) is 0 Å². The Kier molecular flexibility index (Phi) is 1.76. The molecular formula is C12H18N2O2. The Balaban J connectivity index is 2.03. The molecule has 0 aliphatic heterocycles. The highest BCUT2D eigenvalue weighted by atomic mass is 16.2. The lowest BCUT2D eigenvalue weighted by Crippen LogP contribution is -2.60. The van der Waals surface area contributed by atoms with Crippen LogP contribution in [0.4, 0.5) is 0 Å². The molecule has 2 amide bonds. The molecule has 88 valence electrons. The van der Waals surface area contributed by atoms with Crippen LogP contribution in [0, 0.1) is 22.7 Å². The average molecular weight is 222 g/mol. The van der Waals surface area contributed by atoms with Crippen molar-refractivity contribution in [1.29, 1.82) is 0 Å². The lowest BCUT2D eigenvalue weighted by molar-refractivity contribution is -0.163. The van der Waals surface area contributed by atoms with Crippen molar-refractivity contribution in [3.63, 3.8) is 0 Å². The molecule has 0 saturated heterocycles. The van der Waals surface area contributed by atoms with Crippen LogP contribution in [0.1, 0.15) is 38.5 Å². The van der Waals surface area contributed by atoms with Gasteiger partial charge in [-0.25, -0.2) is 0 Å². The SMILES string of the molecule is NC(=O)C12CC3CC(C1)CC(C(N)=O)(C3)C2. The zero-order chi connectivity index (χ0) is 11.6. The quantitative estimate of drug-likeness (QED) is 0.714. The molecule has 4 heteroatoms. The van der Waals surface area contributed by atoms with E-state index < -0.39 is 10.8 Å². The van der Waals surface area contributed by atoms with Crippen LogP contribution < -0.4 is 11.5 Å². The summed E-state index contributed by atoms with van der Waals surface area (Å²) in [5.41, 5.74) is 10.3. The fourth-order valence-electron chi connectivity index (χ4n) is 4.84. The second-order valence-corrected chi connectivity index (χ2v) is 6.25. The lowest BCUT2D eigenvalue weighted by atomic mass is 9.44. The van der Waals surface area contributed by atoms with E-state index in [2.05, 4.69) is 0 Å². The van der Waals surface area contributed by atoms with Gasteiger partial charge < -0.3 is 11.5 Å². The minimum Gasteiger partial charge on any atom is -0.369 e. The third kappa shape index (κ3) is 1.10. The van der Waals surface area contributed by atoms with Gasteiger partial charge >= 0.3 is 0 Å². The van der Waals surface area contributed by atoms with Gasteiger partial charge in [0, 0.05) is 0 Å². The summed E-state index contributed by atoms with van der Waals surface area (Å²) in [6, 6.07) is 0. The van der Waals surface area contributed by atoms with E-state index in [0.29, 0.717) is 18.3 Å². The first kappa shape index (κ1) is 10.1. The maximum absolute atomic E-state index is 11.7. The zero-order valence-electron chi connectivity index (χ0n) is 9.37. The average Bonchev–Trinajstić information content (AvgIpc) is 2.14. The van der Waals surface area contributed by atoms with Gasteiger partial charge in [-0.2, -0.15) is 0 Å². The Bertz CT molecular complexity index is 331. The van der Waals surface area contributed by atoms with E-state index in [-0.39, 0.29) is 11.8 Å². The molecule has 4 rings (SSSR count). The summed E-state index contributed by atoms with van der Waals surface area (Å²) in [7, 11) is 0. The molecule has 0 unspecified atom stereocenters. The van der Waals surface area contributed by atoms with E-state index in [9.17, 15) is 9.59 Å². The second-order valence-electron chi connectivity index (χ2n) is 6.25. The monoisotopic (exact) mass is 222 g/mol. The van der Waals surface area contributed by atoms with Gasteiger partial charge in [-0.1, -0.05) is 0 Å². The fourth-order valence-corrected chi connectivity index (χ4v) is 4.84. The summed E-state index contributed by atoms with van der Waals surface area (Å²) >= 11 is 0. The van der Waals surface area contributed by atoms with Crippen molar-refractivity contribution in [2.24, 2.45) is 34.1 Å². The highest BCUT2D eigenvalue weighted by Crippen LogP contribution is 2.64. The molecule has 0 aromatic rings. The van der Waals surface area contributed by atoms with E-state index in [1.165, 1.54) is 0 Å². The van der Waals surface area contributed by atoms with Crippen molar-refractivity contribution in [3.8, 4) is 0 Å². The Hall–Kier alpha value is -1.06. The van der Waals surface area contributed by atoms with E-state index in [0.717, 1.165) is 32.1 Å². The molecule has 0 aromatic heterocycles. The van der Waals surface area contributed by atoms with Gasteiger partial charge in [0.15, 0.2) is 0 Å². The van der Waals surface area contributed by atoms with Crippen LogP contribution in [0.3, 0.4) is 0 Å². The van der Waals surface area contributed by atoms with E-state index >= 15 is 0 Å². The van der Waals surface area contributed by atoms with Crippen LogP contribution in [-0.2, 0) is 9.59 Å². The van der Waals surface area contributed by atoms with E-state index in [1.807, 2.05) is 0 Å². The number of nitrogens with two attached hydrogens (primary N) is 2. The van der Waals surface area contributed by atoms with Crippen LogP contribution >= 0.6 is 0 Å². The smallest absolute Gasteiger partial charge is 0.223 e. The maximum Gasteiger partial charge on any atom is 0.223 e. The molecule has 4 bridgehead atoms. The van der Waals surface area contributed by atoms with Gasteiger partial charge in [-0.3, -0.25) is 9.59 Å². The molecule has 4 saturated carbocycles. The third-order valence-electron chi connectivity index (χ3n) is 5.11. The fraction of sp³-hybridized carbons (Fsp3) is 0.833. The van der Waals surface area contributed by atoms with Gasteiger partial charge in [-0.05, 0) is 50.4 Å². The van der Waals surface area contributed by atoms with Crippen LogP contribution in [0.5, 0.6) is 0 Å². The Morgan fingerprint density at radius 2 is 1.25 bits per heavy atom. The maximum atomic E-state index is 11.7. The molecule has 4 N–H and O–H groups in total. The molecule has 0 radical (unpaired) electrons. The van der Waals surface area contributed by atoms with Crippen molar-refractivity contribution in [2.75, 3.05) is 0 Å². The zero-order valence-corrected chi connectivity index (χ0v) is 9.37. The molecule has 16 heavy (non-hydrogen) atoms. The summed E-state index contributed by atoms with van der Waals surface area (Å²) in [5.74, 6) is 0.543. The van der Waals surface area contributed by atoms with E-state index in [1.54, 1.807) is 0 Å². The van der Waals surface area contributed by atoms with Crippen molar-refractivity contribution in [1.82, 2.24) is 0 Å². The number of carbonyl (C=O) groups excluding carboxylic acids is 2. The molecule has 0 heterocycles. The summed E-state index contributed by atoms with van der Waals surface area (Å²) in [4.78, 5) is 23.4. The number of hydrogen-bond acceptors (Lipinski definition) is 2. The predicted octanol–water partition coefficient (Wildman–Crippen LogP) is 0.544. The molecule has 4 aliphatic rings. The highest BCUT2D eigenvalue weighted by molar-refractivity contribution is 5.86. The number of hydrogen-bond donors (Lipinski definition) is 2. The molecule has 4 nitrogen and oxygen atoms in total. The molecule has 0 spiro atoms. The van der Waals surface area contributed by atoms with Crippen LogP contribution in [0.15, 0.2) is 0 Å². The van der Waals surface area contributed by atoms with Gasteiger partial charge in [0.05, 0.1) is 10.8 Å². The molecular weight excluding hydrogens is 204 g/mol. The predicted molar refractivity (Wildman–Crippen MR) is 57.9 cm³/mol. The van der Waals surface area contributed by atoms with Crippen LogP contribution in [0.2, 0.25) is 0 Å². The molecule has 0 aromatic carbocycles. The minimum atomic E-state index is -0.418. The standard InChI is InChI=1S/C12H18N2O2/c13-9(15)11-2-7-1-8(4-11)5-12(3-7,6-11)10(14)16/h7-8H,1-6H2,(H2,13,15)(H2,14,16). The first-order valence-corrected chi connectivity index (χ1v) is 6.06. The Morgan fingerprint density at radius 3 is 1.56 bits per heavy atom. The van der Waals surface area contributed by atoms with E-state index in [4.69, 9.17) is 11.5 Å². The summed E-state index contributed by atoms with van der Waals surface area (Å²) in [6.07, 6.45) is 5.30. The van der Waals surface area contributed by atoms with Crippen LogP contribution in [-0.4, -0.2) is 11.8 Å². The first-order valence-electron chi connectivity index (χ1n) is 6.06.